The van der Waals surface area contributed by atoms with Crippen LogP contribution in [0.4, 0.5) is 0 Å². The summed E-state index contributed by atoms with van der Waals surface area (Å²) in [5.41, 5.74) is 1.74. The fourth-order valence-electron chi connectivity index (χ4n) is 3.02. The van der Waals surface area contributed by atoms with Gasteiger partial charge >= 0.3 is 154 Å². The molecule has 1 aromatic heterocycles. The number of ether oxygens (including phenoxy) is 1. The average molecular weight is 505 g/mol. The Morgan fingerprint density at radius 1 is 0.931 bits per heavy atom. The molecule has 2 N–H and O–H groups in total. The van der Waals surface area contributed by atoms with Gasteiger partial charge in [0, 0.05) is 0 Å². The van der Waals surface area contributed by atoms with Gasteiger partial charge in [0.05, 0.1) is 0 Å². The van der Waals surface area contributed by atoms with Crippen LogP contribution in [-0.4, -0.2) is 9.97 Å². The van der Waals surface area contributed by atoms with Crippen molar-refractivity contribution >= 4 is 0 Å². The van der Waals surface area contributed by atoms with E-state index in [4.69, 9.17) is 4.74 Å². The minimum atomic E-state index is -0.657. The van der Waals surface area contributed by atoms with Crippen LogP contribution in [0.15, 0.2) is 64.3 Å². The normalized spacial score (nSPS) is 11.1. The second-order valence-electron chi connectivity index (χ2n) is 6.96. The molecule has 3 rings (SSSR count). The van der Waals surface area contributed by atoms with E-state index < -0.39 is 26.9 Å². The number of aromatic nitrogens is 2. The van der Waals surface area contributed by atoms with Crippen molar-refractivity contribution in [1.82, 2.24) is 9.97 Å². The van der Waals surface area contributed by atoms with E-state index in [2.05, 4.69) is 48.1 Å². The zero-order chi connectivity index (χ0) is 20.6. The van der Waals surface area contributed by atoms with Gasteiger partial charge in [0.2, 0.25) is 0 Å². The third kappa shape index (κ3) is 6.32. The van der Waals surface area contributed by atoms with Gasteiger partial charge in [0.15, 0.2) is 0 Å². The Morgan fingerprint density at radius 3 is 2.21 bits per heavy atom. The Morgan fingerprint density at radius 2 is 1.59 bits per heavy atom. The van der Waals surface area contributed by atoms with E-state index in [9.17, 15) is 9.59 Å². The predicted molar refractivity (Wildman–Crippen MR) is 110 cm³/mol. The van der Waals surface area contributed by atoms with E-state index in [0.29, 0.717) is 10.2 Å². The summed E-state index contributed by atoms with van der Waals surface area (Å²) in [6, 6.07) is 16.5. The molecule has 0 bridgehead atoms. The molecule has 154 valence electrons. The van der Waals surface area contributed by atoms with Gasteiger partial charge in [-0.2, -0.15) is 0 Å². The van der Waals surface area contributed by atoms with Crippen molar-refractivity contribution in [3.8, 4) is 5.75 Å². The van der Waals surface area contributed by atoms with Gasteiger partial charge in [-0.3, -0.25) is 0 Å². The number of hydrogen-bond acceptors (Lipinski definition) is 3. The summed E-state index contributed by atoms with van der Waals surface area (Å²) in [5, 5.41) is 0. The fourth-order valence-corrected chi connectivity index (χ4v) is 5.11. The zero-order valence-electron chi connectivity index (χ0n) is 16.7. The van der Waals surface area contributed by atoms with Crippen LogP contribution in [0.5, 0.6) is 5.75 Å². The molecule has 0 saturated carbocycles. The van der Waals surface area contributed by atoms with Crippen molar-refractivity contribution in [3.05, 3.63) is 93.8 Å². The summed E-state index contributed by atoms with van der Waals surface area (Å²) < 4.78 is 7.61. The van der Waals surface area contributed by atoms with Gasteiger partial charge in [-0.25, -0.2) is 0 Å². The number of benzene rings is 2. The van der Waals surface area contributed by atoms with E-state index >= 15 is 0 Å². The molecule has 0 aliphatic rings. The molecule has 0 radical (unpaired) electrons. The molecule has 0 aliphatic carbocycles. The third-order valence-corrected chi connectivity index (χ3v) is 7.63. The van der Waals surface area contributed by atoms with Gasteiger partial charge < -0.3 is 0 Å². The number of H-pyrrole nitrogens is 2. The van der Waals surface area contributed by atoms with E-state index in [1.54, 1.807) is 0 Å². The molecule has 3 aromatic rings. The van der Waals surface area contributed by atoms with Crippen LogP contribution >= 0.6 is 0 Å². The van der Waals surface area contributed by atoms with Gasteiger partial charge in [0.25, 0.3) is 0 Å². The molecule has 2 aromatic carbocycles. The first-order chi connectivity index (χ1) is 14.1. The van der Waals surface area contributed by atoms with Crippen LogP contribution < -0.4 is 37.2 Å². The Hall–Kier alpha value is -2.35. The van der Waals surface area contributed by atoms with Crippen LogP contribution in [0.3, 0.4) is 0 Å². The van der Waals surface area contributed by atoms with E-state index in [1.165, 1.54) is 24.6 Å². The summed E-state index contributed by atoms with van der Waals surface area (Å²) in [6.45, 7) is 5.03. The standard InChI is InChI=1S/C23H26IN2O3/c1-3-16(4-2)13-17-5-7-18(8-6-17)15-29-20-11-9-19(10-12-20)24-21-14-25-23(28)26-22(21)27/h5-12,14,16H,3-4,13,15H2,1-2H3,(H2,25,26,27,28)/q-1. The first kappa shape index (κ1) is 21.4. The second-order valence-corrected chi connectivity index (χ2v) is 9.91. The first-order valence-electron chi connectivity index (χ1n) is 9.85. The zero-order valence-corrected chi connectivity index (χ0v) is 18.9. The Kier molecular flexibility index (Phi) is 7.69. The number of aromatic amines is 2. The van der Waals surface area contributed by atoms with Crippen LogP contribution in [0.2, 0.25) is 0 Å². The molecule has 5 nitrogen and oxygen atoms in total. The van der Waals surface area contributed by atoms with Gasteiger partial charge in [-0.05, 0) is 0 Å². The van der Waals surface area contributed by atoms with Crippen LogP contribution in [0.1, 0.15) is 37.8 Å². The van der Waals surface area contributed by atoms with E-state index in [1.807, 2.05) is 24.3 Å². The molecule has 0 amide bonds. The molecule has 29 heavy (non-hydrogen) atoms. The molecule has 1 heterocycles. The Labute approximate surface area is 180 Å². The first-order valence-corrected chi connectivity index (χ1v) is 12.0. The predicted octanol–water partition coefficient (Wildman–Crippen LogP) is 0.749. The van der Waals surface area contributed by atoms with Crippen LogP contribution in [0.25, 0.3) is 0 Å². The molecule has 0 aliphatic heterocycles. The average Bonchev–Trinajstić information content (AvgIpc) is 2.74. The summed E-state index contributed by atoms with van der Waals surface area (Å²) in [5.74, 6) is 1.55. The van der Waals surface area contributed by atoms with E-state index in [0.717, 1.165) is 27.2 Å². The van der Waals surface area contributed by atoms with Gasteiger partial charge in [-0.1, -0.05) is 26.7 Å². The summed E-state index contributed by atoms with van der Waals surface area (Å²) in [4.78, 5) is 27.7. The second kappa shape index (κ2) is 10.4. The van der Waals surface area contributed by atoms with Gasteiger partial charge in [0.1, 0.15) is 0 Å². The van der Waals surface area contributed by atoms with Crippen molar-refractivity contribution in [2.45, 2.75) is 39.7 Å². The molecule has 0 spiro atoms. The third-order valence-electron chi connectivity index (χ3n) is 4.91. The van der Waals surface area contributed by atoms with Crippen LogP contribution in [0, 0.1) is 13.1 Å². The fraction of sp³-hybridized carbons (Fsp3) is 0.304. The van der Waals surface area contributed by atoms with Crippen molar-refractivity contribution in [2.75, 3.05) is 0 Å². The number of halogens is 1. The quantitative estimate of drug-likeness (QED) is 0.422. The summed E-state index contributed by atoms with van der Waals surface area (Å²) in [6.07, 6.45) is 5.08. The van der Waals surface area contributed by atoms with Crippen molar-refractivity contribution < 1.29 is 25.9 Å². The molecule has 0 atom stereocenters. The molecular weight excluding hydrogens is 479 g/mol. The van der Waals surface area contributed by atoms with E-state index in [-0.39, 0.29) is 5.56 Å². The summed E-state index contributed by atoms with van der Waals surface area (Å²) in [7, 11) is 0. The van der Waals surface area contributed by atoms with Crippen LogP contribution in [-0.2, 0) is 13.0 Å². The SMILES string of the molecule is CCC(CC)Cc1ccc(COc2ccc([I-]c3c[nH]c(=O)[nH]c3=O)cc2)cc1. The number of hydrogen-bond donors (Lipinski definition) is 2. The number of nitrogens with one attached hydrogen (secondary N) is 2. The topological polar surface area (TPSA) is 75.0 Å². The molecule has 0 fully saturated rings. The summed E-state index contributed by atoms with van der Waals surface area (Å²) >= 11 is -0.657. The maximum absolute atomic E-state index is 11.8. The monoisotopic (exact) mass is 505 g/mol. The van der Waals surface area contributed by atoms with Crippen molar-refractivity contribution in [3.63, 3.8) is 0 Å². The Balaban J connectivity index is 1.54. The maximum atomic E-state index is 11.8. The number of rotatable bonds is 9. The van der Waals surface area contributed by atoms with Gasteiger partial charge in [-0.15, -0.1) is 0 Å². The molecular formula is C23H26IN2O3-. The molecule has 0 saturated heterocycles. The molecule has 6 heteroatoms. The minimum absolute atomic E-state index is 0.311. The molecule has 0 unspecified atom stereocenters. The Bertz CT molecular complexity index is 1020. The van der Waals surface area contributed by atoms with Crippen molar-refractivity contribution in [2.24, 2.45) is 5.92 Å². The van der Waals surface area contributed by atoms with Crippen molar-refractivity contribution in [1.29, 1.82) is 0 Å².